The van der Waals surface area contributed by atoms with Crippen LogP contribution < -0.4 is 16.2 Å². The number of nitrogens with zero attached hydrogens (tertiary/aromatic N) is 3. The molecule has 1 aliphatic carbocycles. The summed E-state index contributed by atoms with van der Waals surface area (Å²) in [5.74, 6) is 0.542. The third-order valence-electron chi connectivity index (χ3n) is 5.95. The number of ketones is 1. The van der Waals surface area contributed by atoms with E-state index in [2.05, 4.69) is 20.8 Å². The first-order valence-electron chi connectivity index (χ1n) is 11.4. The largest absolute Gasteiger partial charge is 0.411 e. The Morgan fingerprint density at radius 1 is 1.23 bits per heavy atom. The van der Waals surface area contributed by atoms with E-state index >= 15 is 0 Å². The zero-order chi connectivity index (χ0) is 25.3. The molecule has 11 heteroatoms. The van der Waals surface area contributed by atoms with Crippen LogP contribution in [0.1, 0.15) is 38.2 Å². The van der Waals surface area contributed by atoms with Crippen LogP contribution in [0.15, 0.2) is 52.7 Å². The molecule has 10 nitrogen and oxygen atoms in total. The predicted octanol–water partition coefficient (Wildman–Crippen LogP) is 2.41. The molecule has 2 aromatic rings. The van der Waals surface area contributed by atoms with Gasteiger partial charge in [-0.15, -0.1) is 11.8 Å². The average Bonchev–Trinajstić information content (AvgIpc) is 3.35. The molecule has 1 aromatic carbocycles. The van der Waals surface area contributed by atoms with Crippen LogP contribution in [0, 0.1) is 5.41 Å². The van der Waals surface area contributed by atoms with Crippen molar-refractivity contribution in [2.45, 2.75) is 43.9 Å². The summed E-state index contributed by atoms with van der Waals surface area (Å²) in [5, 5.41) is 25.2. The fourth-order valence-electron chi connectivity index (χ4n) is 4.07. The number of hydrogen-bond acceptors (Lipinski definition) is 9. The van der Waals surface area contributed by atoms with Gasteiger partial charge in [0.05, 0.1) is 24.6 Å². The molecule has 1 aromatic heterocycles. The van der Waals surface area contributed by atoms with Crippen LogP contribution in [0.3, 0.4) is 0 Å². The quantitative estimate of drug-likeness (QED) is 0.199. The Morgan fingerprint density at radius 3 is 2.60 bits per heavy atom. The number of oxime groups is 1. The standard InChI is InChI=1S/C24H30N6O4S/c1-17(25)20(29-34)14-27-21-22(32)30(12-11-26-21)24(9-5-6-10-24)23(33)28-13-19(31)16-35-15-18-7-3-2-4-8-18/h2-4,7-8,11-12,25,34H,5-6,9-10,13-16H2,1H3,(H,26,27)(H,28,33)/b25-17?,29-20-. The molecule has 1 saturated carbocycles. The molecule has 0 saturated heterocycles. The van der Waals surface area contributed by atoms with E-state index in [1.54, 1.807) is 0 Å². The Hall–Kier alpha value is -3.47. The minimum Gasteiger partial charge on any atom is -0.411 e. The first kappa shape index (κ1) is 26.1. The van der Waals surface area contributed by atoms with Crippen molar-refractivity contribution in [1.82, 2.24) is 14.9 Å². The minimum absolute atomic E-state index is 0.0117. The zero-order valence-electron chi connectivity index (χ0n) is 19.6. The van der Waals surface area contributed by atoms with Crippen LogP contribution in [0.25, 0.3) is 0 Å². The maximum atomic E-state index is 13.3. The van der Waals surface area contributed by atoms with Crippen molar-refractivity contribution in [3.05, 3.63) is 58.6 Å². The lowest BCUT2D eigenvalue weighted by Crippen LogP contribution is -2.52. The van der Waals surface area contributed by atoms with E-state index in [4.69, 9.17) is 10.6 Å². The highest BCUT2D eigenvalue weighted by molar-refractivity contribution is 7.99. The van der Waals surface area contributed by atoms with E-state index in [1.807, 2.05) is 30.3 Å². The normalized spacial score (nSPS) is 14.9. The summed E-state index contributed by atoms with van der Waals surface area (Å²) < 4.78 is 1.38. The van der Waals surface area contributed by atoms with Gasteiger partial charge in [-0.1, -0.05) is 48.3 Å². The van der Waals surface area contributed by atoms with Crippen molar-refractivity contribution in [2.24, 2.45) is 5.16 Å². The van der Waals surface area contributed by atoms with Gasteiger partial charge in [0.15, 0.2) is 11.6 Å². The fourth-order valence-corrected chi connectivity index (χ4v) is 4.93. The first-order valence-corrected chi connectivity index (χ1v) is 12.5. The molecule has 1 aliphatic rings. The van der Waals surface area contributed by atoms with E-state index in [-0.39, 0.29) is 47.8 Å². The van der Waals surface area contributed by atoms with Gasteiger partial charge in [0, 0.05) is 18.1 Å². The van der Waals surface area contributed by atoms with Crippen molar-refractivity contribution < 1.29 is 14.8 Å². The molecule has 0 unspecified atom stereocenters. The zero-order valence-corrected chi connectivity index (χ0v) is 20.4. The van der Waals surface area contributed by atoms with Gasteiger partial charge < -0.3 is 21.3 Å². The fraction of sp³-hybridized carbons (Fsp3) is 0.417. The van der Waals surface area contributed by atoms with Crippen molar-refractivity contribution in [3.63, 3.8) is 0 Å². The monoisotopic (exact) mass is 498 g/mol. The Morgan fingerprint density at radius 2 is 1.94 bits per heavy atom. The van der Waals surface area contributed by atoms with Crippen LogP contribution in [0.5, 0.6) is 0 Å². The van der Waals surface area contributed by atoms with E-state index in [1.165, 1.54) is 35.6 Å². The summed E-state index contributed by atoms with van der Waals surface area (Å²) in [7, 11) is 0. The number of carbonyl (C=O) groups excluding carboxylic acids is 2. The number of aromatic nitrogens is 2. The Bertz CT molecular complexity index is 1140. The first-order chi connectivity index (χ1) is 16.9. The number of nitrogens with one attached hydrogen (secondary N) is 3. The minimum atomic E-state index is -1.10. The van der Waals surface area contributed by atoms with Crippen molar-refractivity contribution in [3.8, 4) is 0 Å². The maximum Gasteiger partial charge on any atom is 0.294 e. The second-order valence-electron chi connectivity index (χ2n) is 8.41. The van der Waals surface area contributed by atoms with Crippen molar-refractivity contribution in [2.75, 3.05) is 24.2 Å². The smallest absolute Gasteiger partial charge is 0.294 e. The van der Waals surface area contributed by atoms with Gasteiger partial charge in [-0.25, -0.2) is 4.98 Å². The maximum absolute atomic E-state index is 13.3. The van der Waals surface area contributed by atoms with Crippen LogP contribution >= 0.6 is 11.8 Å². The molecule has 0 aliphatic heterocycles. The molecule has 4 N–H and O–H groups in total. The molecule has 186 valence electrons. The molecule has 0 radical (unpaired) electrons. The van der Waals surface area contributed by atoms with E-state index in [0.717, 1.165) is 18.4 Å². The number of thioether (sulfide) groups is 1. The molecule has 0 bridgehead atoms. The van der Waals surface area contributed by atoms with Crippen LogP contribution in [-0.4, -0.2) is 56.7 Å². The lowest BCUT2D eigenvalue weighted by Gasteiger charge is -2.30. The highest BCUT2D eigenvalue weighted by atomic mass is 32.2. The molecule has 0 spiro atoms. The third-order valence-corrected chi connectivity index (χ3v) is 7.02. The number of Topliss-reactive ketones (excluding diaryl/α,β-unsaturated/α-hetero) is 1. The lowest BCUT2D eigenvalue weighted by molar-refractivity contribution is -0.131. The molecule has 35 heavy (non-hydrogen) atoms. The van der Waals surface area contributed by atoms with E-state index in [9.17, 15) is 14.4 Å². The molecular formula is C24H30N6O4S. The number of carbonyl (C=O) groups is 2. The summed E-state index contributed by atoms with van der Waals surface area (Å²) >= 11 is 1.49. The Kier molecular flexibility index (Phi) is 9.18. The van der Waals surface area contributed by atoms with E-state index < -0.39 is 11.1 Å². The van der Waals surface area contributed by atoms with Gasteiger partial charge in [-0.05, 0) is 25.3 Å². The van der Waals surface area contributed by atoms with Gasteiger partial charge in [0.1, 0.15) is 11.3 Å². The molecule has 1 fully saturated rings. The van der Waals surface area contributed by atoms with Gasteiger partial charge >= 0.3 is 0 Å². The van der Waals surface area contributed by atoms with Crippen molar-refractivity contribution in [1.29, 1.82) is 5.41 Å². The average molecular weight is 499 g/mol. The summed E-state index contributed by atoms with van der Waals surface area (Å²) in [6, 6.07) is 9.85. The summed E-state index contributed by atoms with van der Waals surface area (Å²) in [4.78, 5) is 42.9. The number of anilines is 1. The summed E-state index contributed by atoms with van der Waals surface area (Å²) in [6.45, 7) is 1.31. The molecule has 3 rings (SSSR count). The third kappa shape index (κ3) is 6.56. The molecule has 1 heterocycles. The number of hydrogen-bond donors (Lipinski definition) is 4. The summed E-state index contributed by atoms with van der Waals surface area (Å²) in [5.41, 5.74) is -0.338. The second-order valence-corrected chi connectivity index (χ2v) is 9.40. The molecular weight excluding hydrogens is 468 g/mol. The summed E-state index contributed by atoms with van der Waals surface area (Å²) in [6.07, 6.45) is 5.42. The highest BCUT2D eigenvalue weighted by Crippen LogP contribution is 2.36. The Labute approximate surface area is 207 Å². The van der Waals surface area contributed by atoms with Crippen LogP contribution in [0.2, 0.25) is 0 Å². The van der Waals surface area contributed by atoms with E-state index in [0.29, 0.717) is 18.6 Å². The molecule has 0 atom stereocenters. The van der Waals surface area contributed by atoms with Gasteiger partial charge in [-0.3, -0.25) is 19.0 Å². The lowest BCUT2D eigenvalue weighted by atomic mass is 9.95. The van der Waals surface area contributed by atoms with Crippen LogP contribution in [-0.2, 0) is 20.9 Å². The van der Waals surface area contributed by atoms with Gasteiger partial charge in [0.25, 0.3) is 5.56 Å². The van der Waals surface area contributed by atoms with Crippen molar-refractivity contribution >= 4 is 40.7 Å². The molecule has 1 amide bonds. The predicted molar refractivity (Wildman–Crippen MR) is 137 cm³/mol. The highest BCUT2D eigenvalue weighted by Gasteiger charge is 2.44. The second kappa shape index (κ2) is 12.3. The number of amides is 1. The number of rotatable bonds is 12. The van der Waals surface area contributed by atoms with Crippen LogP contribution in [0.4, 0.5) is 5.82 Å². The number of benzene rings is 1. The van der Waals surface area contributed by atoms with Gasteiger partial charge in [-0.2, -0.15) is 0 Å². The Balaban J connectivity index is 1.65. The SMILES string of the molecule is CC(=N)/C(CNc1nccn(C2(C(=O)NCC(=O)CSCc3ccccc3)CCCC2)c1=O)=N\O. The van der Waals surface area contributed by atoms with Gasteiger partial charge in [0.2, 0.25) is 5.91 Å². The topological polar surface area (TPSA) is 150 Å².